The van der Waals surface area contributed by atoms with Crippen molar-refractivity contribution in [2.75, 3.05) is 12.4 Å². The lowest BCUT2D eigenvalue weighted by molar-refractivity contribution is 0.0995. The topological polar surface area (TPSA) is 43.4 Å². The highest BCUT2D eigenvalue weighted by Gasteiger charge is 2.26. The Morgan fingerprint density at radius 2 is 2.44 bits per heavy atom. The number of hydrogen-bond donors (Lipinski definition) is 0. The first kappa shape index (κ1) is 14.2. The third-order valence-corrected chi connectivity index (χ3v) is 5.90. The van der Waals surface area contributed by atoms with E-state index in [2.05, 4.69) is 0 Å². The SMILES string of the molecule is CC(C(=O)c1ccc(Cl)s1)S(=O)CC1CCCO1. The smallest absolute Gasteiger partial charge is 0.188 e. The molecule has 1 aliphatic rings. The second-order valence-corrected chi connectivity index (χ2v) is 7.81. The molecule has 0 aliphatic carbocycles. The molecule has 3 unspecified atom stereocenters. The Hall–Kier alpha value is -0.230. The Bertz CT molecular complexity index is 452. The second-order valence-electron chi connectivity index (χ2n) is 4.29. The van der Waals surface area contributed by atoms with Gasteiger partial charge >= 0.3 is 0 Å². The summed E-state index contributed by atoms with van der Waals surface area (Å²) in [4.78, 5) is 12.7. The molecule has 1 saturated heterocycles. The van der Waals surface area contributed by atoms with Gasteiger partial charge in [-0.1, -0.05) is 11.6 Å². The molecule has 0 spiro atoms. The maximum atomic E-state index is 12.1. The number of hydrogen-bond acceptors (Lipinski definition) is 4. The molecule has 0 saturated carbocycles. The van der Waals surface area contributed by atoms with E-state index in [1.807, 2.05) is 0 Å². The lowest BCUT2D eigenvalue weighted by atomic mass is 10.2. The van der Waals surface area contributed by atoms with E-state index in [0.29, 0.717) is 15.0 Å². The highest BCUT2D eigenvalue weighted by molar-refractivity contribution is 7.86. The van der Waals surface area contributed by atoms with Crippen molar-refractivity contribution in [2.24, 2.45) is 0 Å². The summed E-state index contributed by atoms with van der Waals surface area (Å²) < 4.78 is 18.1. The number of carbonyl (C=O) groups excluding carboxylic acids is 1. The van der Waals surface area contributed by atoms with Gasteiger partial charge in [0.25, 0.3) is 0 Å². The molecular weight excluding hydrogens is 292 g/mol. The minimum atomic E-state index is -1.19. The van der Waals surface area contributed by atoms with Crippen LogP contribution in [0.5, 0.6) is 0 Å². The van der Waals surface area contributed by atoms with Crippen LogP contribution in [-0.4, -0.2) is 33.7 Å². The number of carbonyl (C=O) groups is 1. The number of ketones is 1. The Morgan fingerprint density at radius 1 is 1.67 bits per heavy atom. The third-order valence-electron chi connectivity index (χ3n) is 2.95. The summed E-state index contributed by atoms with van der Waals surface area (Å²) in [5, 5.41) is -0.496. The quantitative estimate of drug-likeness (QED) is 0.786. The molecule has 2 heterocycles. The van der Waals surface area contributed by atoms with Crippen LogP contribution in [0, 0.1) is 0 Å². The van der Waals surface area contributed by atoms with Gasteiger partial charge in [0.05, 0.1) is 26.3 Å². The van der Waals surface area contributed by atoms with E-state index in [1.54, 1.807) is 19.1 Å². The molecule has 1 fully saturated rings. The summed E-state index contributed by atoms with van der Waals surface area (Å²) in [5.74, 6) is 0.356. The third kappa shape index (κ3) is 3.41. The van der Waals surface area contributed by atoms with Crippen molar-refractivity contribution in [2.45, 2.75) is 31.1 Å². The van der Waals surface area contributed by atoms with Gasteiger partial charge in [-0.05, 0) is 31.9 Å². The molecular formula is C12H15ClO3S2. The van der Waals surface area contributed by atoms with Crippen LogP contribution in [0.15, 0.2) is 12.1 Å². The van der Waals surface area contributed by atoms with E-state index in [-0.39, 0.29) is 11.9 Å². The molecule has 1 aliphatic heterocycles. The average molecular weight is 307 g/mol. The van der Waals surface area contributed by atoms with Crippen molar-refractivity contribution in [3.05, 3.63) is 21.3 Å². The average Bonchev–Trinajstić information content (AvgIpc) is 2.98. The predicted molar refractivity (Wildman–Crippen MR) is 75.1 cm³/mol. The summed E-state index contributed by atoms with van der Waals surface area (Å²) >= 11 is 7.03. The van der Waals surface area contributed by atoms with Gasteiger partial charge in [0.15, 0.2) is 5.78 Å². The summed E-state index contributed by atoms with van der Waals surface area (Å²) in [6.07, 6.45) is 2.01. The van der Waals surface area contributed by atoms with Crippen LogP contribution in [0.2, 0.25) is 4.34 Å². The zero-order valence-corrected chi connectivity index (χ0v) is 12.4. The summed E-state index contributed by atoms with van der Waals surface area (Å²) in [5.41, 5.74) is 0. The molecule has 0 bridgehead atoms. The first-order chi connectivity index (χ1) is 8.58. The van der Waals surface area contributed by atoms with Gasteiger partial charge in [-0.2, -0.15) is 0 Å². The highest BCUT2D eigenvalue weighted by atomic mass is 35.5. The van der Waals surface area contributed by atoms with Gasteiger partial charge < -0.3 is 4.74 Å². The van der Waals surface area contributed by atoms with E-state index >= 15 is 0 Å². The van der Waals surface area contributed by atoms with Gasteiger partial charge in [0, 0.05) is 17.4 Å². The van der Waals surface area contributed by atoms with Crippen LogP contribution in [0.3, 0.4) is 0 Å². The molecule has 2 rings (SSSR count). The van der Waals surface area contributed by atoms with Gasteiger partial charge in [-0.25, -0.2) is 0 Å². The molecule has 3 atom stereocenters. The second kappa shape index (κ2) is 6.28. The van der Waals surface area contributed by atoms with Crippen LogP contribution >= 0.6 is 22.9 Å². The van der Waals surface area contributed by atoms with Crippen molar-refractivity contribution in [1.29, 1.82) is 0 Å². The molecule has 0 aromatic carbocycles. The highest BCUT2D eigenvalue weighted by Crippen LogP contribution is 2.24. The molecule has 1 aromatic heterocycles. The first-order valence-corrected chi connectivity index (χ1v) is 8.44. The van der Waals surface area contributed by atoms with E-state index in [1.165, 1.54) is 11.3 Å². The molecule has 0 radical (unpaired) electrons. The minimum absolute atomic E-state index is 0.0491. The zero-order valence-electron chi connectivity index (χ0n) is 10.1. The normalized spacial score (nSPS) is 22.9. The van der Waals surface area contributed by atoms with Crippen LogP contribution in [0.25, 0.3) is 0 Å². The van der Waals surface area contributed by atoms with Crippen molar-refractivity contribution in [3.63, 3.8) is 0 Å². The largest absolute Gasteiger partial charge is 0.377 e. The Morgan fingerprint density at radius 3 is 3.00 bits per heavy atom. The Kier molecular flexibility index (Phi) is 4.95. The molecule has 3 nitrogen and oxygen atoms in total. The number of Topliss-reactive ketones (excluding diaryl/α,β-unsaturated/α-hetero) is 1. The van der Waals surface area contributed by atoms with Gasteiger partial charge in [-0.3, -0.25) is 9.00 Å². The van der Waals surface area contributed by atoms with Crippen LogP contribution < -0.4 is 0 Å². The van der Waals surface area contributed by atoms with Crippen molar-refractivity contribution in [3.8, 4) is 0 Å². The molecule has 0 N–H and O–H groups in total. The Labute approximate surface area is 118 Å². The van der Waals surface area contributed by atoms with Crippen molar-refractivity contribution >= 4 is 39.5 Å². The monoisotopic (exact) mass is 306 g/mol. The van der Waals surface area contributed by atoms with Gasteiger partial charge in [0.1, 0.15) is 0 Å². The maximum absolute atomic E-state index is 12.1. The van der Waals surface area contributed by atoms with E-state index < -0.39 is 16.0 Å². The molecule has 6 heteroatoms. The lowest BCUT2D eigenvalue weighted by Crippen LogP contribution is -2.28. The van der Waals surface area contributed by atoms with Crippen molar-refractivity contribution in [1.82, 2.24) is 0 Å². The summed E-state index contributed by atoms with van der Waals surface area (Å²) in [6.45, 7) is 2.45. The zero-order chi connectivity index (χ0) is 13.1. The summed E-state index contributed by atoms with van der Waals surface area (Å²) in [6, 6.07) is 3.38. The predicted octanol–water partition coefficient (Wildman–Crippen LogP) is 2.90. The van der Waals surface area contributed by atoms with Gasteiger partial charge in [0.2, 0.25) is 0 Å². The molecule has 18 heavy (non-hydrogen) atoms. The number of rotatable bonds is 5. The number of ether oxygens (including phenoxy) is 1. The van der Waals surface area contributed by atoms with E-state index in [0.717, 1.165) is 19.4 Å². The van der Waals surface area contributed by atoms with Crippen LogP contribution in [0.4, 0.5) is 0 Å². The van der Waals surface area contributed by atoms with Crippen LogP contribution in [-0.2, 0) is 15.5 Å². The molecule has 0 amide bonds. The fraction of sp³-hybridized carbons (Fsp3) is 0.583. The Balaban J connectivity index is 1.95. The minimum Gasteiger partial charge on any atom is -0.377 e. The number of thiophene rings is 1. The lowest BCUT2D eigenvalue weighted by Gasteiger charge is -2.13. The fourth-order valence-electron chi connectivity index (χ4n) is 1.87. The first-order valence-electron chi connectivity index (χ1n) is 5.86. The number of halogens is 1. The van der Waals surface area contributed by atoms with E-state index in [4.69, 9.17) is 16.3 Å². The van der Waals surface area contributed by atoms with E-state index in [9.17, 15) is 9.00 Å². The maximum Gasteiger partial charge on any atom is 0.188 e. The molecule has 100 valence electrons. The summed E-state index contributed by atoms with van der Waals surface area (Å²) in [7, 11) is -1.19. The van der Waals surface area contributed by atoms with Gasteiger partial charge in [-0.15, -0.1) is 11.3 Å². The fourth-order valence-corrected chi connectivity index (χ4v) is 4.30. The molecule has 1 aromatic rings. The van der Waals surface area contributed by atoms with Crippen LogP contribution in [0.1, 0.15) is 29.4 Å². The van der Waals surface area contributed by atoms with Crippen molar-refractivity contribution < 1.29 is 13.7 Å². The standard InChI is InChI=1S/C12H15ClO3S2/c1-8(12(14)10-4-5-11(13)17-10)18(15)7-9-3-2-6-16-9/h4-5,8-9H,2-3,6-7H2,1H3.